The maximum absolute atomic E-state index is 14.7. The van der Waals surface area contributed by atoms with Crippen LogP contribution >= 0.6 is 22.6 Å². The number of hydrogen-bond donors (Lipinski definition) is 0. The Bertz CT molecular complexity index is 356. The maximum Gasteiger partial charge on any atom is 0.106 e. The van der Waals surface area contributed by atoms with Crippen molar-refractivity contribution in [2.75, 3.05) is 0 Å². The first-order valence-electron chi connectivity index (χ1n) is 9.11. The molecule has 0 amide bonds. The third-order valence-electron chi connectivity index (χ3n) is 6.53. The highest BCUT2D eigenvalue weighted by Crippen LogP contribution is 2.47. The van der Waals surface area contributed by atoms with E-state index in [0.29, 0.717) is 25.2 Å². The predicted octanol–water partition coefficient (Wildman–Crippen LogP) is 6.21. The van der Waals surface area contributed by atoms with Gasteiger partial charge in [0.15, 0.2) is 0 Å². The molecule has 0 aromatic rings. The van der Waals surface area contributed by atoms with Gasteiger partial charge < -0.3 is 0 Å². The van der Waals surface area contributed by atoms with Crippen LogP contribution in [0.1, 0.15) is 64.2 Å². The summed E-state index contributed by atoms with van der Waals surface area (Å²) in [5, 5.41) is 0. The second kappa shape index (κ2) is 7.60. The SMILES string of the molecule is FC1CCC(C2CCC(C3CCC(I)CC3)C(F)C2)C(F)C1. The zero-order valence-electron chi connectivity index (χ0n) is 13.2. The molecule has 3 saturated carbocycles. The molecule has 0 N–H and O–H groups in total. The molecule has 0 aromatic heterocycles. The molecule has 0 heterocycles. The second-order valence-electron chi connectivity index (χ2n) is 7.86. The zero-order chi connectivity index (χ0) is 15.7. The molecule has 0 nitrogen and oxygen atoms in total. The van der Waals surface area contributed by atoms with Crippen LogP contribution in [0.2, 0.25) is 0 Å². The number of alkyl halides is 4. The van der Waals surface area contributed by atoms with Gasteiger partial charge in [0.1, 0.15) is 18.5 Å². The molecule has 3 aliphatic carbocycles. The largest absolute Gasteiger partial charge is 0.247 e. The smallest absolute Gasteiger partial charge is 0.106 e. The molecule has 0 aliphatic heterocycles. The fourth-order valence-electron chi connectivity index (χ4n) is 5.22. The molecule has 6 unspecified atom stereocenters. The van der Waals surface area contributed by atoms with Gasteiger partial charge in [-0.25, -0.2) is 13.2 Å². The van der Waals surface area contributed by atoms with Crippen LogP contribution in [-0.4, -0.2) is 22.4 Å². The molecular weight excluding hydrogens is 400 g/mol. The summed E-state index contributed by atoms with van der Waals surface area (Å²) in [6.07, 6.45) is 5.54. The first-order valence-corrected chi connectivity index (χ1v) is 10.4. The van der Waals surface area contributed by atoms with Crippen molar-refractivity contribution >= 4 is 22.6 Å². The second-order valence-corrected chi connectivity index (χ2v) is 9.62. The molecule has 22 heavy (non-hydrogen) atoms. The van der Waals surface area contributed by atoms with E-state index >= 15 is 0 Å². The molecule has 3 rings (SSSR count). The minimum absolute atomic E-state index is 0.0429. The Morgan fingerprint density at radius 3 is 1.77 bits per heavy atom. The molecule has 4 heteroatoms. The molecule has 0 radical (unpaired) electrons. The van der Waals surface area contributed by atoms with Gasteiger partial charge >= 0.3 is 0 Å². The lowest BCUT2D eigenvalue weighted by Gasteiger charge is -2.43. The van der Waals surface area contributed by atoms with Crippen LogP contribution in [0.4, 0.5) is 13.2 Å². The summed E-state index contributed by atoms with van der Waals surface area (Å²) in [4.78, 5) is 0. The average Bonchev–Trinajstić information content (AvgIpc) is 2.48. The van der Waals surface area contributed by atoms with Crippen LogP contribution in [0.5, 0.6) is 0 Å². The summed E-state index contributed by atoms with van der Waals surface area (Å²) in [5.41, 5.74) is 0. The van der Waals surface area contributed by atoms with Crippen LogP contribution in [-0.2, 0) is 0 Å². The molecule has 3 fully saturated rings. The minimum atomic E-state index is -1.05. The van der Waals surface area contributed by atoms with Gasteiger partial charge in [-0.3, -0.25) is 0 Å². The van der Waals surface area contributed by atoms with E-state index in [0.717, 1.165) is 16.8 Å². The van der Waals surface area contributed by atoms with E-state index in [1.165, 1.54) is 25.7 Å². The summed E-state index contributed by atoms with van der Waals surface area (Å²) in [7, 11) is 0. The molecule has 0 spiro atoms. The number of halogens is 4. The van der Waals surface area contributed by atoms with Crippen molar-refractivity contribution in [3.8, 4) is 0 Å². The van der Waals surface area contributed by atoms with E-state index in [-0.39, 0.29) is 24.2 Å². The molecule has 128 valence electrons. The first-order chi connectivity index (χ1) is 10.5. The Morgan fingerprint density at radius 1 is 0.591 bits per heavy atom. The van der Waals surface area contributed by atoms with Crippen LogP contribution < -0.4 is 0 Å². The molecule has 0 aromatic carbocycles. The molecule has 6 atom stereocenters. The van der Waals surface area contributed by atoms with Gasteiger partial charge in [0.25, 0.3) is 0 Å². The lowest BCUT2D eigenvalue weighted by molar-refractivity contribution is 0.00550. The van der Waals surface area contributed by atoms with Crippen molar-refractivity contribution in [2.45, 2.75) is 86.6 Å². The van der Waals surface area contributed by atoms with Crippen molar-refractivity contribution in [3.63, 3.8) is 0 Å². The quantitative estimate of drug-likeness (QED) is 0.362. The highest BCUT2D eigenvalue weighted by Gasteiger charge is 2.42. The fraction of sp³-hybridized carbons (Fsp3) is 1.00. The monoisotopic (exact) mass is 428 g/mol. The lowest BCUT2D eigenvalue weighted by atomic mass is 9.65. The third kappa shape index (κ3) is 3.94. The Hall–Kier alpha value is 0.520. The van der Waals surface area contributed by atoms with Gasteiger partial charge in [0, 0.05) is 10.3 Å². The predicted molar refractivity (Wildman–Crippen MR) is 92.6 cm³/mol. The van der Waals surface area contributed by atoms with Crippen molar-refractivity contribution in [1.29, 1.82) is 0 Å². The summed E-state index contributed by atoms with van der Waals surface area (Å²) in [6.45, 7) is 0. The van der Waals surface area contributed by atoms with E-state index in [2.05, 4.69) is 22.6 Å². The zero-order valence-corrected chi connectivity index (χ0v) is 15.4. The number of hydrogen-bond acceptors (Lipinski definition) is 0. The third-order valence-corrected chi connectivity index (χ3v) is 7.78. The van der Waals surface area contributed by atoms with E-state index < -0.39 is 18.5 Å². The highest BCUT2D eigenvalue weighted by atomic mass is 127. The maximum atomic E-state index is 14.7. The first kappa shape index (κ1) is 17.3. The Morgan fingerprint density at radius 2 is 1.14 bits per heavy atom. The van der Waals surface area contributed by atoms with Gasteiger partial charge in [-0.2, -0.15) is 0 Å². The van der Waals surface area contributed by atoms with Gasteiger partial charge in [-0.1, -0.05) is 22.6 Å². The number of rotatable bonds is 2. The summed E-state index contributed by atoms with van der Waals surface area (Å²) < 4.78 is 42.9. The van der Waals surface area contributed by atoms with E-state index in [9.17, 15) is 13.2 Å². The Labute approximate surface area is 146 Å². The van der Waals surface area contributed by atoms with E-state index in [1.54, 1.807) is 0 Å². The van der Waals surface area contributed by atoms with Gasteiger partial charge in [0.2, 0.25) is 0 Å². The van der Waals surface area contributed by atoms with Gasteiger partial charge in [0.05, 0.1) is 0 Å². The van der Waals surface area contributed by atoms with Crippen molar-refractivity contribution in [2.24, 2.45) is 23.7 Å². The summed E-state index contributed by atoms with van der Waals surface area (Å²) in [5.74, 6) is 0.811. The molecule has 0 saturated heterocycles. The van der Waals surface area contributed by atoms with E-state index in [1.807, 2.05) is 0 Å². The standard InChI is InChI=1S/C18H28F3I/c19-13-4-8-16(18(21)10-13)12-3-7-15(17(20)9-12)11-1-5-14(22)6-2-11/h11-18H,1-10H2. The van der Waals surface area contributed by atoms with Crippen LogP contribution in [0.15, 0.2) is 0 Å². The van der Waals surface area contributed by atoms with Gasteiger partial charge in [-0.05, 0) is 81.5 Å². The van der Waals surface area contributed by atoms with Crippen LogP contribution in [0.25, 0.3) is 0 Å². The average molecular weight is 428 g/mol. The molecule has 3 aliphatic rings. The van der Waals surface area contributed by atoms with Crippen molar-refractivity contribution in [3.05, 3.63) is 0 Å². The Balaban J connectivity index is 1.53. The van der Waals surface area contributed by atoms with Crippen molar-refractivity contribution < 1.29 is 13.2 Å². The normalized spacial score (nSPS) is 50.7. The summed E-state index contributed by atoms with van der Waals surface area (Å²) in [6, 6.07) is 0. The Kier molecular flexibility index (Phi) is 6.00. The fourth-order valence-corrected chi connectivity index (χ4v) is 5.94. The molecular formula is C18H28F3I. The van der Waals surface area contributed by atoms with E-state index in [4.69, 9.17) is 0 Å². The highest BCUT2D eigenvalue weighted by molar-refractivity contribution is 14.1. The van der Waals surface area contributed by atoms with Crippen molar-refractivity contribution in [1.82, 2.24) is 0 Å². The topological polar surface area (TPSA) is 0 Å². The molecule has 0 bridgehead atoms. The van der Waals surface area contributed by atoms with Crippen LogP contribution in [0.3, 0.4) is 0 Å². The summed E-state index contributed by atoms with van der Waals surface area (Å²) >= 11 is 2.51. The minimum Gasteiger partial charge on any atom is -0.247 e. The van der Waals surface area contributed by atoms with Gasteiger partial charge in [-0.15, -0.1) is 0 Å². The van der Waals surface area contributed by atoms with Crippen LogP contribution in [0, 0.1) is 23.7 Å². The lowest BCUT2D eigenvalue weighted by Crippen LogP contribution is -2.40.